The molecule has 1 saturated carbocycles. The summed E-state index contributed by atoms with van der Waals surface area (Å²) in [6, 6.07) is 9.11. The van der Waals surface area contributed by atoms with E-state index in [1.165, 1.54) is 37.7 Å². The number of hydrogen-bond acceptors (Lipinski definition) is 2. The van der Waals surface area contributed by atoms with E-state index < -0.39 is 0 Å². The van der Waals surface area contributed by atoms with E-state index in [2.05, 4.69) is 36.6 Å². The minimum atomic E-state index is 0.536. The van der Waals surface area contributed by atoms with Gasteiger partial charge in [0.15, 0.2) is 0 Å². The summed E-state index contributed by atoms with van der Waals surface area (Å²) >= 11 is 0. The largest absolute Gasteiger partial charge is 0.493 e. The summed E-state index contributed by atoms with van der Waals surface area (Å²) in [6.45, 7) is 0.849. The van der Waals surface area contributed by atoms with Crippen LogP contribution in [0.2, 0.25) is 0 Å². The van der Waals surface area contributed by atoms with E-state index >= 15 is 0 Å². The van der Waals surface area contributed by atoms with Gasteiger partial charge in [0.25, 0.3) is 0 Å². The van der Waals surface area contributed by atoms with Gasteiger partial charge in [-0.15, -0.1) is 0 Å². The third-order valence-corrected chi connectivity index (χ3v) is 4.66. The van der Waals surface area contributed by atoms with Gasteiger partial charge in [-0.25, -0.2) is 0 Å². The van der Waals surface area contributed by atoms with Crippen molar-refractivity contribution in [2.24, 2.45) is 5.92 Å². The predicted octanol–water partition coefficient (Wildman–Crippen LogP) is 3.33. The van der Waals surface area contributed by atoms with E-state index in [0.29, 0.717) is 12.0 Å². The van der Waals surface area contributed by atoms with Crippen LogP contribution in [0, 0.1) is 5.92 Å². The number of ether oxygens (including phenoxy) is 1. The van der Waals surface area contributed by atoms with E-state index in [1.54, 1.807) is 0 Å². The van der Waals surface area contributed by atoms with Crippen LogP contribution in [0.25, 0.3) is 0 Å². The zero-order valence-electron chi connectivity index (χ0n) is 11.2. The van der Waals surface area contributed by atoms with Gasteiger partial charge < -0.3 is 10.1 Å². The van der Waals surface area contributed by atoms with Gasteiger partial charge in [-0.3, -0.25) is 0 Å². The highest BCUT2D eigenvalue weighted by Gasteiger charge is 2.35. The Labute approximate surface area is 110 Å². The Morgan fingerprint density at radius 1 is 1.17 bits per heavy atom. The third-order valence-electron chi connectivity index (χ3n) is 4.66. The summed E-state index contributed by atoms with van der Waals surface area (Å²) < 4.78 is 5.84. The fourth-order valence-electron chi connectivity index (χ4n) is 3.74. The van der Waals surface area contributed by atoms with Crippen LogP contribution in [0.1, 0.15) is 43.6 Å². The monoisotopic (exact) mass is 245 g/mol. The molecule has 98 valence electrons. The van der Waals surface area contributed by atoms with Crippen molar-refractivity contribution in [1.29, 1.82) is 0 Å². The molecule has 2 nitrogen and oxygen atoms in total. The lowest BCUT2D eigenvalue weighted by Crippen LogP contribution is -2.40. The summed E-state index contributed by atoms with van der Waals surface area (Å²) in [4.78, 5) is 0. The quantitative estimate of drug-likeness (QED) is 0.882. The molecule has 1 fully saturated rings. The lowest BCUT2D eigenvalue weighted by atomic mass is 9.77. The van der Waals surface area contributed by atoms with Gasteiger partial charge in [0.05, 0.1) is 6.61 Å². The molecule has 0 bridgehead atoms. The van der Waals surface area contributed by atoms with Crippen molar-refractivity contribution in [3.8, 4) is 5.75 Å². The Kier molecular flexibility index (Phi) is 3.55. The first-order valence-corrected chi connectivity index (χ1v) is 7.29. The third kappa shape index (κ3) is 2.14. The average molecular weight is 245 g/mol. The van der Waals surface area contributed by atoms with Crippen LogP contribution in [0.15, 0.2) is 24.3 Å². The average Bonchev–Trinajstić information content (AvgIpc) is 2.85. The molecule has 0 aromatic heterocycles. The van der Waals surface area contributed by atoms with Crippen LogP contribution in [0.4, 0.5) is 0 Å². The molecule has 2 atom stereocenters. The van der Waals surface area contributed by atoms with Crippen molar-refractivity contribution < 1.29 is 4.74 Å². The summed E-state index contributed by atoms with van der Waals surface area (Å²) in [5, 5.41) is 3.57. The molecule has 1 heterocycles. The Hall–Kier alpha value is -1.02. The van der Waals surface area contributed by atoms with Gasteiger partial charge in [0.1, 0.15) is 5.75 Å². The van der Waals surface area contributed by atoms with Crippen molar-refractivity contribution in [3.05, 3.63) is 29.8 Å². The molecule has 0 spiro atoms. The SMILES string of the molecule is CNC(C1CCCCC1)C1COc2ccccc21. The van der Waals surface area contributed by atoms with E-state index in [1.807, 2.05) is 0 Å². The molecule has 3 rings (SSSR count). The van der Waals surface area contributed by atoms with Gasteiger partial charge in [-0.2, -0.15) is 0 Å². The molecule has 2 aliphatic rings. The molecule has 2 heteroatoms. The Balaban J connectivity index is 1.80. The van der Waals surface area contributed by atoms with Crippen molar-refractivity contribution in [1.82, 2.24) is 5.32 Å². The van der Waals surface area contributed by atoms with Gasteiger partial charge in [0, 0.05) is 17.5 Å². The van der Waals surface area contributed by atoms with E-state index in [-0.39, 0.29) is 0 Å². The van der Waals surface area contributed by atoms with Crippen LogP contribution < -0.4 is 10.1 Å². The van der Waals surface area contributed by atoms with Crippen LogP contribution in [0.5, 0.6) is 5.75 Å². The topological polar surface area (TPSA) is 21.3 Å². The van der Waals surface area contributed by atoms with Crippen LogP contribution in [-0.4, -0.2) is 19.7 Å². The van der Waals surface area contributed by atoms with Crippen molar-refractivity contribution in [2.75, 3.05) is 13.7 Å². The number of benzene rings is 1. The molecule has 1 aromatic rings. The highest BCUT2D eigenvalue weighted by Crippen LogP contribution is 2.40. The molecule has 0 radical (unpaired) electrons. The number of fused-ring (bicyclic) bond motifs is 1. The first-order valence-electron chi connectivity index (χ1n) is 7.29. The fourth-order valence-corrected chi connectivity index (χ4v) is 3.74. The van der Waals surface area contributed by atoms with E-state index in [0.717, 1.165) is 18.3 Å². The molecule has 1 aliphatic heterocycles. The van der Waals surface area contributed by atoms with E-state index in [4.69, 9.17) is 4.74 Å². The molecule has 0 amide bonds. The van der Waals surface area contributed by atoms with Crippen molar-refractivity contribution in [3.63, 3.8) is 0 Å². The summed E-state index contributed by atoms with van der Waals surface area (Å²) in [7, 11) is 2.11. The standard InChI is InChI=1S/C16H23NO/c1-17-16(12-7-3-2-4-8-12)14-11-18-15-10-6-5-9-13(14)15/h5-6,9-10,12,14,16-17H,2-4,7-8,11H2,1H3. The first kappa shape index (κ1) is 12.0. The highest BCUT2D eigenvalue weighted by atomic mass is 16.5. The molecule has 1 N–H and O–H groups in total. The maximum Gasteiger partial charge on any atom is 0.122 e. The molecule has 18 heavy (non-hydrogen) atoms. The number of likely N-dealkylation sites (N-methyl/N-ethyl adjacent to an activating group) is 1. The highest BCUT2D eigenvalue weighted by molar-refractivity contribution is 5.40. The minimum absolute atomic E-state index is 0.536. The van der Waals surface area contributed by atoms with E-state index in [9.17, 15) is 0 Å². The second-order valence-corrected chi connectivity index (χ2v) is 5.67. The molecule has 2 unspecified atom stereocenters. The first-order chi connectivity index (χ1) is 8.90. The van der Waals surface area contributed by atoms with Crippen molar-refractivity contribution >= 4 is 0 Å². The maximum absolute atomic E-state index is 5.84. The summed E-state index contributed by atoms with van der Waals surface area (Å²) in [5.41, 5.74) is 1.41. The number of nitrogens with one attached hydrogen (secondary N) is 1. The lowest BCUT2D eigenvalue weighted by Gasteiger charge is -2.33. The zero-order chi connectivity index (χ0) is 12.4. The van der Waals surface area contributed by atoms with Crippen LogP contribution in [-0.2, 0) is 0 Å². The summed E-state index contributed by atoms with van der Waals surface area (Å²) in [5.74, 6) is 2.45. The molecular weight excluding hydrogens is 222 g/mol. The normalized spacial score (nSPS) is 25.5. The lowest BCUT2D eigenvalue weighted by molar-refractivity contribution is 0.221. The Bertz CT molecular complexity index is 398. The van der Waals surface area contributed by atoms with Crippen molar-refractivity contribution in [2.45, 2.75) is 44.1 Å². The van der Waals surface area contributed by atoms with Crippen LogP contribution in [0.3, 0.4) is 0 Å². The molecule has 1 aromatic carbocycles. The second kappa shape index (κ2) is 5.31. The Morgan fingerprint density at radius 3 is 2.72 bits per heavy atom. The minimum Gasteiger partial charge on any atom is -0.493 e. The molecule has 0 saturated heterocycles. The number of para-hydroxylation sites is 1. The smallest absolute Gasteiger partial charge is 0.122 e. The van der Waals surface area contributed by atoms with Gasteiger partial charge in [0.2, 0.25) is 0 Å². The fraction of sp³-hybridized carbons (Fsp3) is 0.625. The number of hydrogen-bond donors (Lipinski definition) is 1. The maximum atomic E-state index is 5.84. The summed E-state index contributed by atoms with van der Waals surface area (Å²) in [6.07, 6.45) is 6.98. The molecular formula is C16H23NO. The predicted molar refractivity (Wildman–Crippen MR) is 74.1 cm³/mol. The number of rotatable bonds is 3. The second-order valence-electron chi connectivity index (χ2n) is 5.67. The zero-order valence-corrected chi connectivity index (χ0v) is 11.2. The van der Waals surface area contributed by atoms with Crippen LogP contribution >= 0.6 is 0 Å². The van der Waals surface area contributed by atoms with Gasteiger partial charge in [-0.1, -0.05) is 37.5 Å². The van der Waals surface area contributed by atoms with Gasteiger partial charge in [-0.05, 0) is 31.9 Å². The van der Waals surface area contributed by atoms with Gasteiger partial charge >= 0.3 is 0 Å². The molecule has 1 aliphatic carbocycles. The Morgan fingerprint density at radius 2 is 1.94 bits per heavy atom.